The van der Waals surface area contributed by atoms with Gasteiger partial charge in [0.05, 0.1) is 13.2 Å². The molecule has 0 aromatic heterocycles. The predicted molar refractivity (Wildman–Crippen MR) is 70.6 cm³/mol. The Balaban J connectivity index is 2.15. The van der Waals surface area contributed by atoms with Gasteiger partial charge >= 0.3 is 0 Å². The smallest absolute Gasteiger partial charge is 0.248 e. The molecule has 1 saturated heterocycles. The van der Waals surface area contributed by atoms with E-state index in [2.05, 4.69) is 18.7 Å². The molecule has 0 N–H and O–H groups in total. The van der Waals surface area contributed by atoms with Gasteiger partial charge in [0.15, 0.2) is 0 Å². The van der Waals surface area contributed by atoms with Crippen molar-refractivity contribution >= 4 is 5.91 Å². The molecule has 0 saturated carbocycles. The van der Waals surface area contributed by atoms with Crippen molar-refractivity contribution in [2.24, 2.45) is 5.92 Å². The van der Waals surface area contributed by atoms with Crippen LogP contribution in [0.25, 0.3) is 0 Å². The van der Waals surface area contributed by atoms with E-state index in [0.29, 0.717) is 19.1 Å². The van der Waals surface area contributed by atoms with Crippen molar-refractivity contribution in [3.05, 3.63) is 0 Å². The summed E-state index contributed by atoms with van der Waals surface area (Å²) < 4.78 is 10.1. The van der Waals surface area contributed by atoms with Crippen molar-refractivity contribution < 1.29 is 14.3 Å². The van der Waals surface area contributed by atoms with Gasteiger partial charge in [-0.15, -0.1) is 0 Å². The number of ether oxygens (including phenoxy) is 2. The molecule has 1 aliphatic rings. The zero-order chi connectivity index (χ0) is 13.4. The molecule has 1 fully saturated rings. The Morgan fingerprint density at radius 1 is 1.17 bits per heavy atom. The van der Waals surface area contributed by atoms with E-state index < -0.39 is 0 Å². The number of nitrogens with zero attached hydrogens (tertiary/aromatic N) is 2. The van der Waals surface area contributed by atoms with E-state index in [1.54, 1.807) is 7.11 Å². The third-order valence-corrected chi connectivity index (χ3v) is 3.01. The fraction of sp³-hybridized carbons (Fsp3) is 0.923. The average Bonchev–Trinajstić information content (AvgIpc) is 2.34. The van der Waals surface area contributed by atoms with Gasteiger partial charge in [-0.25, -0.2) is 0 Å². The van der Waals surface area contributed by atoms with E-state index in [-0.39, 0.29) is 12.5 Å². The number of hydrogen-bond donors (Lipinski definition) is 0. The number of carbonyl (C=O) groups is 1. The Kier molecular flexibility index (Phi) is 7.23. The highest BCUT2D eigenvalue weighted by Gasteiger charge is 2.21. The first kappa shape index (κ1) is 15.4. The van der Waals surface area contributed by atoms with Crippen molar-refractivity contribution in [1.29, 1.82) is 0 Å². The van der Waals surface area contributed by atoms with Crippen molar-refractivity contribution in [2.75, 3.05) is 59.7 Å². The Hall–Kier alpha value is -0.650. The highest BCUT2D eigenvalue weighted by molar-refractivity contribution is 5.77. The molecule has 0 unspecified atom stereocenters. The number of rotatable bonds is 7. The van der Waals surface area contributed by atoms with Gasteiger partial charge in [0, 0.05) is 39.8 Å². The number of methoxy groups -OCH3 is 1. The van der Waals surface area contributed by atoms with Crippen LogP contribution in [0, 0.1) is 5.92 Å². The summed E-state index contributed by atoms with van der Waals surface area (Å²) in [5.41, 5.74) is 0. The number of piperazine rings is 1. The van der Waals surface area contributed by atoms with Gasteiger partial charge in [-0.1, -0.05) is 13.8 Å². The van der Waals surface area contributed by atoms with Crippen molar-refractivity contribution in [3.63, 3.8) is 0 Å². The third-order valence-electron chi connectivity index (χ3n) is 3.01. The SMILES string of the molecule is COCCOCC(=O)N1CCN(CC(C)C)CC1. The summed E-state index contributed by atoms with van der Waals surface area (Å²) in [4.78, 5) is 16.1. The molecule has 1 amide bonds. The van der Waals surface area contributed by atoms with E-state index in [1.807, 2.05) is 4.90 Å². The molecule has 0 aromatic carbocycles. The maximum Gasteiger partial charge on any atom is 0.248 e. The molecular weight excluding hydrogens is 232 g/mol. The van der Waals surface area contributed by atoms with Crippen LogP contribution in [0.2, 0.25) is 0 Å². The molecule has 0 atom stereocenters. The van der Waals surface area contributed by atoms with E-state index >= 15 is 0 Å². The zero-order valence-electron chi connectivity index (χ0n) is 11.9. The summed E-state index contributed by atoms with van der Waals surface area (Å²) in [6, 6.07) is 0. The number of amides is 1. The summed E-state index contributed by atoms with van der Waals surface area (Å²) in [6.45, 7) is 10.3. The Morgan fingerprint density at radius 2 is 1.83 bits per heavy atom. The molecule has 18 heavy (non-hydrogen) atoms. The minimum atomic E-state index is 0.0929. The van der Waals surface area contributed by atoms with Crippen molar-refractivity contribution in [3.8, 4) is 0 Å². The van der Waals surface area contributed by atoms with Gasteiger partial charge in [-0.3, -0.25) is 9.69 Å². The van der Waals surface area contributed by atoms with Crippen molar-refractivity contribution in [2.45, 2.75) is 13.8 Å². The predicted octanol–water partition coefficient (Wildman–Crippen LogP) is 0.450. The van der Waals surface area contributed by atoms with Crippen LogP contribution in [-0.4, -0.2) is 75.4 Å². The third kappa shape index (κ3) is 5.80. The summed E-state index contributed by atoms with van der Waals surface area (Å²) in [5, 5.41) is 0. The Morgan fingerprint density at radius 3 is 2.39 bits per heavy atom. The van der Waals surface area contributed by atoms with Crippen LogP contribution < -0.4 is 0 Å². The lowest BCUT2D eigenvalue weighted by Gasteiger charge is -2.35. The lowest BCUT2D eigenvalue weighted by Crippen LogP contribution is -2.50. The van der Waals surface area contributed by atoms with Gasteiger partial charge in [0.25, 0.3) is 0 Å². The fourth-order valence-electron chi connectivity index (χ4n) is 2.09. The Labute approximate surface area is 110 Å². The quantitative estimate of drug-likeness (QED) is 0.622. The molecule has 1 rings (SSSR count). The molecule has 0 bridgehead atoms. The average molecular weight is 258 g/mol. The second-order valence-electron chi connectivity index (χ2n) is 5.12. The highest BCUT2D eigenvalue weighted by atomic mass is 16.5. The highest BCUT2D eigenvalue weighted by Crippen LogP contribution is 2.05. The van der Waals surface area contributed by atoms with Crippen LogP contribution in [-0.2, 0) is 14.3 Å². The molecule has 1 heterocycles. The van der Waals surface area contributed by atoms with Crippen LogP contribution in [0.4, 0.5) is 0 Å². The molecule has 0 radical (unpaired) electrons. The van der Waals surface area contributed by atoms with Crippen LogP contribution in [0.15, 0.2) is 0 Å². The van der Waals surface area contributed by atoms with Gasteiger partial charge in [-0.05, 0) is 5.92 Å². The van der Waals surface area contributed by atoms with Crippen LogP contribution in [0.1, 0.15) is 13.8 Å². The Bertz CT molecular complexity index is 238. The summed E-state index contributed by atoms with van der Waals surface area (Å²) in [5.74, 6) is 0.778. The maximum absolute atomic E-state index is 11.8. The first-order valence-electron chi connectivity index (χ1n) is 6.70. The minimum Gasteiger partial charge on any atom is -0.382 e. The van der Waals surface area contributed by atoms with Gasteiger partial charge < -0.3 is 14.4 Å². The number of carbonyl (C=O) groups excluding carboxylic acids is 1. The van der Waals surface area contributed by atoms with Crippen molar-refractivity contribution in [1.82, 2.24) is 9.80 Å². The molecule has 1 aliphatic heterocycles. The summed E-state index contributed by atoms with van der Waals surface area (Å²) in [7, 11) is 1.62. The first-order chi connectivity index (χ1) is 8.63. The molecule has 0 aliphatic carbocycles. The fourth-order valence-corrected chi connectivity index (χ4v) is 2.09. The zero-order valence-corrected chi connectivity index (χ0v) is 11.9. The topological polar surface area (TPSA) is 42.0 Å². The molecule has 0 aromatic rings. The lowest BCUT2D eigenvalue weighted by atomic mass is 10.2. The standard InChI is InChI=1S/C13H26N2O3/c1-12(2)10-14-4-6-15(7-5-14)13(16)11-18-9-8-17-3/h12H,4-11H2,1-3H3. The molecular formula is C13H26N2O3. The van der Waals surface area contributed by atoms with Crippen LogP contribution in [0.5, 0.6) is 0 Å². The van der Waals surface area contributed by atoms with Gasteiger partial charge in [0.2, 0.25) is 5.91 Å². The normalized spacial score (nSPS) is 17.4. The first-order valence-corrected chi connectivity index (χ1v) is 6.70. The summed E-state index contributed by atoms with van der Waals surface area (Å²) >= 11 is 0. The molecule has 0 spiro atoms. The lowest BCUT2D eigenvalue weighted by molar-refractivity contribution is -0.138. The van der Waals surface area contributed by atoms with E-state index in [9.17, 15) is 4.79 Å². The van der Waals surface area contributed by atoms with E-state index in [4.69, 9.17) is 9.47 Å². The second kappa shape index (κ2) is 8.45. The van der Waals surface area contributed by atoms with E-state index in [0.717, 1.165) is 32.7 Å². The van der Waals surface area contributed by atoms with Gasteiger partial charge in [0.1, 0.15) is 6.61 Å². The van der Waals surface area contributed by atoms with E-state index in [1.165, 1.54) is 0 Å². The summed E-state index contributed by atoms with van der Waals surface area (Å²) in [6.07, 6.45) is 0. The molecule has 5 heteroatoms. The van der Waals surface area contributed by atoms with Crippen LogP contribution >= 0.6 is 0 Å². The maximum atomic E-state index is 11.8. The van der Waals surface area contributed by atoms with Crippen LogP contribution in [0.3, 0.4) is 0 Å². The second-order valence-corrected chi connectivity index (χ2v) is 5.12. The molecule has 5 nitrogen and oxygen atoms in total. The largest absolute Gasteiger partial charge is 0.382 e. The van der Waals surface area contributed by atoms with Gasteiger partial charge in [-0.2, -0.15) is 0 Å². The molecule has 106 valence electrons. The minimum absolute atomic E-state index is 0.0929. The number of hydrogen-bond acceptors (Lipinski definition) is 4. The monoisotopic (exact) mass is 258 g/mol.